The first kappa shape index (κ1) is 17.3. The van der Waals surface area contributed by atoms with Gasteiger partial charge in [0.25, 0.3) is 10.0 Å². The van der Waals surface area contributed by atoms with E-state index in [1.165, 1.54) is 27.9 Å². The summed E-state index contributed by atoms with van der Waals surface area (Å²) in [6, 6.07) is 4.86. The molecule has 2 aliphatic rings. The van der Waals surface area contributed by atoms with Gasteiger partial charge >= 0.3 is 0 Å². The summed E-state index contributed by atoms with van der Waals surface area (Å²) in [5.74, 6) is 0.0313. The van der Waals surface area contributed by atoms with Crippen molar-refractivity contribution in [2.24, 2.45) is 0 Å². The second kappa shape index (κ2) is 6.57. The Balaban J connectivity index is 1.39. The van der Waals surface area contributed by atoms with Gasteiger partial charge in [-0.15, -0.1) is 11.3 Å². The van der Waals surface area contributed by atoms with Crippen molar-refractivity contribution in [2.75, 3.05) is 26.2 Å². The van der Waals surface area contributed by atoms with Crippen LogP contribution in [0.3, 0.4) is 0 Å². The Morgan fingerprint density at radius 3 is 2.50 bits per heavy atom. The van der Waals surface area contributed by atoms with E-state index in [2.05, 4.69) is 9.97 Å². The Kier molecular flexibility index (Phi) is 4.37. The average Bonchev–Trinajstić information content (AvgIpc) is 3.30. The number of carbonyl (C=O) groups is 1. The molecule has 0 aliphatic carbocycles. The Morgan fingerprint density at radius 1 is 1.19 bits per heavy atom. The van der Waals surface area contributed by atoms with E-state index in [4.69, 9.17) is 0 Å². The van der Waals surface area contributed by atoms with Crippen molar-refractivity contribution >= 4 is 27.3 Å². The van der Waals surface area contributed by atoms with E-state index in [1.54, 1.807) is 17.0 Å². The molecule has 2 aromatic heterocycles. The first-order valence-electron chi connectivity index (χ1n) is 8.23. The third-order valence-corrected chi connectivity index (χ3v) is 7.12. The Hall–Kier alpha value is -2.10. The van der Waals surface area contributed by atoms with Crippen molar-refractivity contribution in [2.45, 2.75) is 18.4 Å². The van der Waals surface area contributed by atoms with Gasteiger partial charge in [0.1, 0.15) is 0 Å². The molecule has 2 aliphatic heterocycles. The highest BCUT2D eigenvalue weighted by molar-refractivity contribution is 7.89. The minimum atomic E-state index is -3.60. The normalized spacial score (nSPS) is 17.8. The Bertz CT molecular complexity index is 964. The van der Waals surface area contributed by atoms with E-state index < -0.39 is 10.0 Å². The van der Waals surface area contributed by atoms with Gasteiger partial charge in [-0.05, 0) is 30.2 Å². The fraction of sp³-hybridized carbons (Fsp3) is 0.353. The van der Waals surface area contributed by atoms with E-state index in [0.29, 0.717) is 32.6 Å². The van der Waals surface area contributed by atoms with E-state index in [-0.39, 0.29) is 10.9 Å². The molecular formula is C17H18N4O3S2. The van der Waals surface area contributed by atoms with E-state index in [0.717, 1.165) is 21.8 Å². The molecule has 0 spiro atoms. The zero-order valence-electron chi connectivity index (χ0n) is 14.3. The van der Waals surface area contributed by atoms with Crippen LogP contribution < -0.4 is 0 Å². The zero-order valence-corrected chi connectivity index (χ0v) is 15.9. The fourth-order valence-corrected chi connectivity index (χ4v) is 5.25. The summed E-state index contributed by atoms with van der Waals surface area (Å²) in [7, 11) is -3.60. The molecule has 2 aromatic rings. The van der Waals surface area contributed by atoms with Crippen LogP contribution in [0, 0.1) is 6.92 Å². The number of pyridine rings is 1. The first-order chi connectivity index (χ1) is 12.4. The van der Waals surface area contributed by atoms with Crippen LogP contribution in [0.15, 0.2) is 45.9 Å². The highest BCUT2D eigenvalue weighted by atomic mass is 32.2. The van der Waals surface area contributed by atoms with Gasteiger partial charge in [-0.25, -0.2) is 18.4 Å². The van der Waals surface area contributed by atoms with Crippen LogP contribution in [-0.2, 0) is 21.2 Å². The number of sulfonamides is 1. The summed E-state index contributed by atoms with van der Waals surface area (Å²) < 4.78 is 26.8. The number of rotatable bonds is 4. The minimum Gasteiger partial charge on any atom is -0.334 e. The van der Waals surface area contributed by atoms with Gasteiger partial charge in [0.15, 0.2) is 5.03 Å². The molecule has 0 fully saturated rings. The highest BCUT2D eigenvalue weighted by Gasteiger charge is 2.38. The molecular weight excluding hydrogens is 372 g/mol. The predicted molar refractivity (Wildman–Crippen MR) is 97.2 cm³/mol. The van der Waals surface area contributed by atoms with Crippen LogP contribution in [0.25, 0.3) is 0 Å². The van der Waals surface area contributed by atoms with Crippen molar-refractivity contribution in [3.63, 3.8) is 0 Å². The predicted octanol–water partition coefficient (Wildman–Crippen LogP) is 1.23. The number of nitrogens with zero attached hydrogens (tertiary/aromatic N) is 4. The van der Waals surface area contributed by atoms with Crippen molar-refractivity contribution in [3.05, 3.63) is 51.6 Å². The SMILES string of the molecule is Cc1nc(CC(=O)N2CC3=C(C2)CN(S(=O)(=O)c2ccccn2)C3)cs1. The van der Waals surface area contributed by atoms with Gasteiger partial charge in [0.2, 0.25) is 5.91 Å². The molecule has 0 saturated carbocycles. The highest BCUT2D eigenvalue weighted by Crippen LogP contribution is 2.29. The van der Waals surface area contributed by atoms with Crippen molar-refractivity contribution in [1.29, 1.82) is 0 Å². The van der Waals surface area contributed by atoms with Crippen molar-refractivity contribution in [3.8, 4) is 0 Å². The zero-order chi connectivity index (χ0) is 18.3. The summed E-state index contributed by atoms with van der Waals surface area (Å²) in [6.45, 7) is 3.56. The molecule has 0 N–H and O–H groups in total. The molecule has 9 heteroatoms. The molecule has 26 heavy (non-hydrogen) atoms. The summed E-state index contributed by atoms with van der Waals surface area (Å²) in [6.07, 6.45) is 1.77. The first-order valence-corrected chi connectivity index (χ1v) is 10.5. The summed E-state index contributed by atoms with van der Waals surface area (Å²) >= 11 is 1.54. The van der Waals surface area contributed by atoms with Crippen molar-refractivity contribution in [1.82, 2.24) is 19.2 Å². The maximum Gasteiger partial charge on any atom is 0.261 e. The number of thiazole rings is 1. The molecule has 0 unspecified atom stereocenters. The molecule has 4 heterocycles. The van der Waals surface area contributed by atoms with Crippen LogP contribution in [0.2, 0.25) is 0 Å². The van der Waals surface area contributed by atoms with Crippen LogP contribution in [0.4, 0.5) is 0 Å². The van der Waals surface area contributed by atoms with Gasteiger partial charge in [-0.3, -0.25) is 4.79 Å². The number of hydrogen-bond donors (Lipinski definition) is 0. The third kappa shape index (κ3) is 3.17. The lowest BCUT2D eigenvalue weighted by atomic mass is 10.2. The number of carbonyl (C=O) groups excluding carboxylic acids is 1. The molecule has 7 nitrogen and oxygen atoms in total. The summed E-state index contributed by atoms with van der Waals surface area (Å²) in [5, 5.41) is 2.92. The lowest BCUT2D eigenvalue weighted by Crippen LogP contribution is -2.37. The van der Waals surface area contributed by atoms with Gasteiger partial charge < -0.3 is 4.90 Å². The van der Waals surface area contributed by atoms with Crippen LogP contribution >= 0.6 is 11.3 Å². The molecule has 0 bridgehead atoms. The van der Waals surface area contributed by atoms with E-state index in [1.807, 2.05) is 12.3 Å². The van der Waals surface area contributed by atoms with E-state index in [9.17, 15) is 13.2 Å². The lowest BCUT2D eigenvalue weighted by molar-refractivity contribution is -0.129. The molecule has 136 valence electrons. The summed E-state index contributed by atoms with van der Waals surface area (Å²) in [5.41, 5.74) is 2.84. The maximum atomic E-state index is 12.7. The second-order valence-electron chi connectivity index (χ2n) is 6.43. The average molecular weight is 390 g/mol. The lowest BCUT2D eigenvalue weighted by Gasteiger charge is -2.22. The molecule has 0 aromatic carbocycles. The number of amides is 1. The quantitative estimate of drug-likeness (QED) is 0.734. The van der Waals surface area contributed by atoms with Crippen LogP contribution in [-0.4, -0.2) is 59.7 Å². The molecule has 0 atom stereocenters. The number of aromatic nitrogens is 2. The number of aryl methyl sites for hydroxylation is 1. The molecule has 0 radical (unpaired) electrons. The fourth-order valence-electron chi connectivity index (χ4n) is 3.28. The summed E-state index contributed by atoms with van der Waals surface area (Å²) in [4.78, 5) is 22.6. The molecule has 4 rings (SSSR count). The molecule has 0 saturated heterocycles. The number of hydrogen-bond acceptors (Lipinski definition) is 6. The molecule has 1 amide bonds. The largest absolute Gasteiger partial charge is 0.334 e. The van der Waals surface area contributed by atoms with Crippen molar-refractivity contribution < 1.29 is 13.2 Å². The van der Waals surface area contributed by atoms with Crippen LogP contribution in [0.1, 0.15) is 10.7 Å². The monoisotopic (exact) mass is 390 g/mol. The second-order valence-corrected chi connectivity index (χ2v) is 9.38. The van der Waals surface area contributed by atoms with Gasteiger partial charge in [0, 0.05) is 37.8 Å². The maximum absolute atomic E-state index is 12.7. The van der Waals surface area contributed by atoms with Gasteiger partial charge in [-0.1, -0.05) is 6.07 Å². The standard InChI is InChI=1S/C17H18N4O3S2/c1-12-19-15(11-25-12)6-17(22)20-7-13-9-21(10-14(13)8-20)26(23,24)16-4-2-3-5-18-16/h2-5,11H,6-10H2,1H3. The minimum absolute atomic E-state index is 0.0313. The van der Waals surface area contributed by atoms with Crippen LogP contribution in [0.5, 0.6) is 0 Å². The van der Waals surface area contributed by atoms with Gasteiger partial charge in [-0.2, -0.15) is 4.31 Å². The Morgan fingerprint density at radius 2 is 1.92 bits per heavy atom. The van der Waals surface area contributed by atoms with E-state index >= 15 is 0 Å². The Labute approximate surface area is 156 Å². The smallest absolute Gasteiger partial charge is 0.261 e. The van der Waals surface area contributed by atoms with Gasteiger partial charge in [0.05, 0.1) is 17.1 Å². The third-order valence-electron chi connectivity index (χ3n) is 4.59. The topological polar surface area (TPSA) is 83.5 Å².